The summed E-state index contributed by atoms with van der Waals surface area (Å²) < 4.78 is 5.49. The Morgan fingerprint density at radius 3 is 2.92 bits per heavy atom. The maximum Gasteiger partial charge on any atom is 0.257 e. The van der Waals surface area contributed by atoms with Crippen molar-refractivity contribution in [1.29, 1.82) is 0 Å². The van der Waals surface area contributed by atoms with Gasteiger partial charge < -0.3 is 15.0 Å². The number of nitrogens with one attached hydrogen (secondary N) is 1. The van der Waals surface area contributed by atoms with Crippen LogP contribution in [-0.2, 0) is 24.2 Å². The number of hydrogen-bond donors (Lipinski definition) is 1. The van der Waals surface area contributed by atoms with Gasteiger partial charge in [-0.05, 0) is 41.3 Å². The number of fused-ring (bicyclic) bond motifs is 2. The number of carbonyl (C=O) groups is 2. The third-order valence-electron chi connectivity index (χ3n) is 4.78. The summed E-state index contributed by atoms with van der Waals surface area (Å²) in [6.45, 7) is 3.39. The molecule has 0 bridgehead atoms. The predicted molar refractivity (Wildman–Crippen MR) is 92.6 cm³/mol. The van der Waals surface area contributed by atoms with Gasteiger partial charge in [0.25, 0.3) is 5.91 Å². The summed E-state index contributed by atoms with van der Waals surface area (Å²) in [6, 6.07) is 5.70. The molecule has 6 heteroatoms. The molecular formula is C19H19N3O3. The lowest BCUT2D eigenvalue weighted by Crippen LogP contribution is -2.35. The zero-order valence-corrected chi connectivity index (χ0v) is 14.0. The van der Waals surface area contributed by atoms with Crippen molar-refractivity contribution >= 4 is 17.5 Å². The van der Waals surface area contributed by atoms with E-state index < -0.39 is 0 Å². The number of aromatic nitrogens is 1. The second kappa shape index (κ2) is 6.20. The molecule has 6 nitrogen and oxygen atoms in total. The number of amides is 2. The van der Waals surface area contributed by atoms with E-state index in [0.29, 0.717) is 31.7 Å². The molecular weight excluding hydrogens is 318 g/mol. The van der Waals surface area contributed by atoms with E-state index in [-0.39, 0.29) is 11.8 Å². The Bertz CT molecular complexity index is 863. The van der Waals surface area contributed by atoms with Crippen molar-refractivity contribution in [3.05, 3.63) is 52.8 Å². The summed E-state index contributed by atoms with van der Waals surface area (Å²) in [4.78, 5) is 30.3. The van der Waals surface area contributed by atoms with Gasteiger partial charge in [0.15, 0.2) is 0 Å². The quantitative estimate of drug-likeness (QED) is 0.912. The number of benzene rings is 1. The molecule has 0 radical (unpaired) electrons. The monoisotopic (exact) mass is 337 g/mol. The van der Waals surface area contributed by atoms with Crippen molar-refractivity contribution in [1.82, 2.24) is 9.88 Å². The van der Waals surface area contributed by atoms with E-state index >= 15 is 0 Å². The molecule has 0 saturated heterocycles. The van der Waals surface area contributed by atoms with Gasteiger partial charge in [-0.25, -0.2) is 0 Å². The maximum absolute atomic E-state index is 12.7. The first-order valence-electron chi connectivity index (χ1n) is 8.40. The van der Waals surface area contributed by atoms with Crippen LogP contribution in [0, 0.1) is 0 Å². The minimum Gasteiger partial charge on any atom is -0.493 e. The van der Waals surface area contributed by atoms with Crippen molar-refractivity contribution in [2.24, 2.45) is 0 Å². The first-order chi connectivity index (χ1) is 12.1. The lowest BCUT2D eigenvalue weighted by molar-refractivity contribution is -0.129. The van der Waals surface area contributed by atoms with E-state index in [9.17, 15) is 9.59 Å². The van der Waals surface area contributed by atoms with Crippen molar-refractivity contribution in [3.8, 4) is 5.75 Å². The Kier molecular flexibility index (Phi) is 3.87. The van der Waals surface area contributed by atoms with Crippen LogP contribution in [0.2, 0.25) is 0 Å². The van der Waals surface area contributed by atoms with Crippen LogP contribution in [0.25, 0.3) is 0 Å². The standard InChI is InChI=1S/C19H19N3O3/c1-12(23)22-6-4-16-14(11-22)9-20-10-17(16)19(24)21-15-2-3-18-13(8-15)5-7-25-18/h2-3,8-10H,4-7,11H2,1H3,(H,21,24). The number of pyridine rings is 1. The minimum absolute atomic E-state index is 0.0425. The van der Waals surface area contributed by atoms with Crippen LogP contribution >= 0.6 is 0 Å². The molecule has 4 rings (SSSR count). The van der Waals surface area contributed by atoms with Crippen LogP contribution in [0.4, 0.5) is 5.69 Å². The summed E-state index contributed by atoms with van der Waals surface area (Å²) in [6.07, 6.45) is 4.88. The van der Waals surface area contributed by atoms with Crippen molar-refractivity contribution in [2.45, 2.75) is 26.3 Å². The lowest BCUT2D eigenvalue weighted by atomic mass is 9.96. The molecule has 2 amide bonds. The molecule has 2 aliphatic rings. The topological polar surface area (TPSA) is 71.5 Å². The highest BCUT2D eigenvalue weighted by Gasteiger charge is 2.23. The summed E-state index contributed by atoms with van der Waals surface area (Å²) in [5, 5.41) is 2.96. The van der Waals surface area contributed by atoms with Gasteiger partial charge >= 0.3 is 0 Å². The molecule has 0 aliphatic carbocycles. The molecule has 128 valence electrons. The van der Waals surface area contributed by atoms with Crippen molar-refractivity contribution in [2.75, 3.05) is 18.5 Å². The molecule has 2 aliphatic heterocycles. The zero-order chi connectivity index (χ0) is 17.4. The van der Waals surface area contributed by atoms with Crippen molar-refractivity contribution < 1.29 is 14.3 Å². The Morgan fingerprint density at radius 1 is 1.20 bits per heavy atom. The number of hydrogen-bond acceptors (Lipinski definition) is 4. The molecule has 0 unspecified atom stereocenters. The van der Waals surface area contributed by atoms with E-state index in [2.05, 4.69) is 10.3 Å². The van der Waals surface area contributed by atoms with Crippen LogP contribution in [0.5, 0.6) is 5.75 Å². The van der Waals surface area contributed by atoms with Gasteiger partial charge in [-0.2, -0.15) is 0 Å². The zero-order valence-electron chi connectivity index (χ0n) is 14.0. The normalized spacial score (nSPS) is 15.2. The summed E-state index contributed by atoms with van der Waals surface area (Å²) in [5.41, 5.74) is 4.37. The second-order valence-corrected chi connectivity index (χ2v) is 6.39. The SMILES string of the molecule is CC(=O)N1CCc2c(cncc2C(=O)Nc2ccc3c(c2)CCO3)C1. The van der Waals surface area contributed by atoms with E-state index in [0.717, 1.165) is 34.5 Å². The number of carbonyl (C=O) groups excluding carboxylic acids is 2. The Morgan fingerprint density at radius 2 is 2.08 bits per heavy atom. The third kappa shape index (κ3) is 2.95. The van der Waals surface area contributed by atoms with Crippen molar-refractivity contribution in [3.63, 3.8) is 0 Å². The second-order valence-electron chi connectivity index (χ2n) is 6.39. The van der Waals surface area contributed by atoms with Crippen LogP contribution in [0.15, 0.2) is 30.6 Å². The molecule has 2 aromatic rings. The summed E-state index contributed by atoms with van der Waals surface area (Å²) in [7, 11) is 0. The molecule has 25 heavy (non-hydrogen) atoms. The summed E-state index contributed by atoms with van der Waals surface area (Å²) >= 11 is 0. The van der Waals surface area contributed by atoms with Gasteiger partial charge in [0.05, 0.1) is 12.2 Å². The first kappa shape index (κ1) is 15.6. The third-order valence-corrected chi connectivity index (χ3v) is 4.78. The molecule has 1 aromatic heterocycles. The largest absolute Gasteiger partial charge is 0.493 e. The smallest absolute Gasteiger partial charge is 0.257 e. The Balaban J connectivity index is 1.57. The molecule has 0 fully saturated rings. The molecule has 3 heterocycles. The van der Waals surface area contributed by atoms with E-state index in [1.54, 1.807) is 24.2 Å². The number of nitrogens with zero attached hydrogens (tertiary/aromatic N) is 2. The van der Waals surface area contributed by atoms with Crippen LogP contribution in [0.1, 0.15) is 34.0 Å². The highest BCUT2D eigenvalue weighted by atomic mass is 16.5. The number of anilines is 1. The predicted octanol–water partition coefficient (Wildman–Crippen LogP) is 2.17. The van der Waals surface area contributed by atoms with Gasteiger partial charge in [-0.3, -0.25) is 14.6 Å². The van der Waals surface area contributed by atoms with Gasteiger partial charge in [0.2, 0.25) is 5.91 Å². The van der Waals surface area contributed by atoms with E-state index in [1.165, 1.54) is 0 Å². The van der Waals surface area contributed by atoms with Crippen LogP contribution in [-0.4, -0.2) is 34.8 Å². The summed E-state index contributed by atoms with van der Waals surface area (Å²) in [5.74, 6) is 0.765. The fourth-order valence-corrected chi connectivity index (χ4v) is 3.42. The van der Waals surface area contributed by atoms with E-state index in [1.807, 2.05) is 18.2 Å². The van der Waals surface area contributed by atoms with Gasteiger partial charge in [-0.15, -0.1) is 0 Å². The first-order valence-corrected chi connectivity index (χ1v) is 8.40. The molecule has 1 N–H and O–H groups in total. The fourth-order valence-electron chi connectivity index (χ4n) is 3.42. The molecule has 0 saturated carbocycles. The average molecular weight is 337 g/mol. The minimum atomic E-state index is -0.167. The fraction of sp³-hybridized carbons (Fsp3) is 0.316. The molecule has 0 spiro atoms. The molecule has 1 aromatic carbocycles. The Labute approximate surface area is 145 Å². The van der Waals surface area contributed by atoms with Crippen LogP contribution < -0.4 is 10.1 Å². The Hall–Kier alpha value is -2.89. The lowest BCUT2D eigenvalue weighted by Gasteiger charge is -2.28. The van der Waals surface area contributed by atoms with Gasteiger partial charge in [0, 0.05) is 44.5 Å². The maximum atomic E-state index is 12.7. The van der Waals surface area contributed by atoms with E-state index in [4.69, 9.17) is 4.74 Å². The number of ether oxygens (including phenoxy) is 1. The van der Waals surface area contributed by atoms with Crippen LogP contribution in [0.3, 0.4) is 0 Å². The molecule has 0 atom stereocenters. The number of rotatable bonds is 2. The average Bonchev–Trinajstić information content (AvgIpc) is 3.08. The van der Waals surface area contributed by atoms with Gasteiger partial charge in [-0.1, -0.05) is 0 Å². The highest BCUT2D eigenvalue weighted by Crippen LogP contribution is 2.28. The highest BCUT2D eigenvalue weighted by molar-refractivity contribution is 6.05. The van der Waals surface area contributed by atoms with Gasteiger partial charge in [0.1, 0.15) is 5.75 Å².